The van der Waals surface area contributed by atoms with Gasteiger partial charge in [-0.2, -0.15) is 5.10 Å². The molecule has 28 heavy (non-hydrogen) atoms. The molecule has 0 bridgehead atoms. The zero-order valence-corrected chi connectivity index (χ0v) is 14.9. The van der Waals surface area contributed by atoms with Crippen molar-refractivity contribution in [2.24, 2.45) is 5.73 Å². The van der Waals surface area contributed by atoms with E-state index in [1.807, 2.05) is 24.3 Å². The van der Waals surface area contributed by atoms with E-state index in [0.29, 0.717) is 18.4 Å². The van der Waals surface area contributed by atoms with Gasteiger partial charge in [-0.25, -0.2) is 4.68 Å². The first-order valence-corrected chi connectivity index (χ1v) is 8.85. The Morgan fingerprint density at radius 2 is 1.86 bits per heavy atom. The minimum Gasteiger partial charge on any atom is -0.493 e. The fourth-order valence-corrected chi connectivity index (χ4v) is 3.39. The second-order valence-electron chi connectivity index (χ2n) is 6.52. The van der Waals surface area contributed by atoms with E-state index in [1.54, 1.807) is 24.3 Å². The Labute approximate surface area is 159 Å². The quantitative estimate of drug-likeness (QED) is 0.706. The lowest BCUT2D eigenvalue weighted by Gasteiger charge is -2.26. The first-order chi connectivity index (χ1) is 13.5. The van der Waals surface area contributed by atoms with E-state index in [2.05, 4.69) is 10.4 Å². The molecule has 1 aliphatic heterocycles. The Balaban J connectivity index is 1.62. The number of nitrogens with two attached hydrogens (primary N) is 1. The van der Waals surface area contributed by atoms with E-state index >= 15 is 0 Å². The number of fused-ring (bicyclic) bond motifs is 2. The monoisotopic (exact) mass is 378 g/mol. The number of rotatable bonds is 4. The Morgan fingerprint density at radius 3 is 2.64 bits per heavy atom. The number of hydrogen-bond acceptors (Lipinski definition) is 5. The Bertz CT molecular complexity index is 1140. The molecule has 142 valence electrons. The van der Waals surface area contributed by atoms with Crippen LogP contribution >= 0.6 is 0 Å². The van der Waals surface area contributed by atoms with Gasteiger partial charge in [0, 0.05) is 17.4 Å². The molecule has 4 rings (SSSR count). The van der Waals surface area contributed by atoms with Gasteiger partial charge in [0.2, 0.25) is 5.91 Å². The molecule has 0 fully saturated rings. The highest BCUT2D eigenvalue weighted by atomic mass is 16.5. The van der Waals surface area contributed by atoms with Crippen LogP contribution in [0.3, 0.4) is 0 Å². The molecule has 8 nitrogen and oxygen atoms in total. The zero-order valence-electron chi connectivity index (χ0n) is 14.9. The molecule has 2 amide bonds. The van der Waals surface area contributed by atoms with Gasteiger partial charge >= 0.3 is 0 Å². The molecule has 0 radical (unpaired) electrons. The van der Waals surface area contributed by atoms with Gasteiger partial charge in [-0.3, -0.25) is 14.4 Å². The lowest BCUT2D eigenvalue weighted by molar-refractivity contribution is -0.122. The fraction of sp³-hybridized carbons (Fsp3) is 0.200. The Hall–Kier alpha value is -3.68. The molecular formula is C20H18N4O4. The first-order valence-electron chi connectivity index (χ1n) is 8.85. The number of nitrogens with zero attached hydrogens (tertiary/aromatic N) is 2. The maximum Gasteiger partial charge on any atom is 0.275 e. The van der Waals surface area contributed by atoms with Crippen molar-refractivity contribution in [2.75, 3.05) is 6.61 Å². The molecule has 1 aliphatic rings. The smallest absolute Gasteiger partial charge is 0.275 e. The van der Waals surface area contributed by atoms with Crippen LogP contribution in [0, 0.1) is 0 Å². The summed E-state index contributed by atoms with van der Waals surface area (Å²) in [5.74, 6) is -0.415. The molecule has 1 aromatic heterocycles. The number of nitrogens with one attached hydrogen (secondary N) is 1. The first kappa shape index (κ1) is 17.7. The van der Waals surface area contributed by atoms with Crippen molar-refractivity contribution < 1.29 is 14.3 Å². The summed E-state index contributed by atoms with van der Waals surface area (Å²) in [4.78, 5) is 37.0. The van der Waals surface area contributed by atoms with E-state index in [9.17, 15) is 14.4 Å². The lowest BCUT2D eigenvalue weighted by Crippen LogP contribution is -2.38. The normalized spacial score (nSPS) is 15.5. The maximum absolute atomic E-state index is 12.7. The average molecular weight is 378 g/mol. The summed E-state index contributed by atoms with van der Waals surface area (Å²) in [5, 5.41) is 7.59. The van der Waals surface area contributed by atoms with Crippen LogP contribution in [0.25, 0.3) is 10.8 Å². The molecular weight excluding hydrogens is 360 g/mol. The fourth-order valence-electron chi connectivity index (χ4n) is 3.39. The number of para-hydroxylation sites is 1. The van der Waals surface area contributed by atoms with Crippen molar-refractivity contribution in [3.63, 3.8) is 0 Å². The third-order valence-corrected chi connectivity index (χ3v) is 4.69. The molecule has 2 aromatic carbocycles. The van der Waals surface area contributed by atoms with Gasteiger partial charge in [-0.15, -0.1) is 0 Å². The minimum atomic E-state index is -0.760. The van der Waals surface area contributed by atoms with E-state index in [0.717, 1.165) is 16.0 Å². The molecule has 0 saturated carbocycles. The summed E-state index contributed by atoms with van der Waals surface area (Å²) in [6, 6.07) is 13.8. The zero-order chi connectivity index (χ0) is 19.7. The predicted octanol–water partition coefficient (Wildman–Crippen LogP) is 1.14. The van der Waals surface area contributed by atoms with Gasteiger partial charge in [0.1, 0.15) is 12.3 Å². The summed E-state index contributed by atoms with van der Waals surface area (Å²) < 4.78 is 6.57. The summed E-state index contributed by atoms with van der Waals surface area (Å²) in [6.45, 7) is 0.172. The van der Waals surface area contributed by atoms with Gasteiger partial charge < -0.3 is 15.8 Å². The van der Waals surface area contributed by atoms with E-state index in [-0.39, 0.29) is 29.6 Å². The van der Waals surface area contributed by atoms with Crippen LogP contribution in [0.15, 0.2) is 53.3 Å². The molecule has 3 N–H and O–H groups in total. The van der Waals surface area contributed by atoms with Crippen molar-refractivity contribution in [3.8, 4) is 5.75 Å². The topological polar surface area (TPSA) is 116 Å². The SMILES string of the molecule is NC(=O)c1nn(CC(=O)N[C@H]2CCOc3ccccc32)c(=O)c2ccccc12. The number of benzene rings is 2. The van der Waals surface area contributed by atoms with Crippen LogP contribution in [0.5, 0.6) is 5.75 Å². The number of carbonyl (C=O) groups is 2. The van der Waals surface area contributed by atoms with Crippen LogP contribution in [-0.2, 0) is 11.3 Å². The number of primary amides is 1. The summed E-state index contributed by atoms with van der Waals surface area (Å²) in [6.07, 6.45) is 0.620. The van der Waals surface area contributed by atoms with Crippen molar-refractivity contribution in [3.05, 3.63) is 70.1 Å². The van der Waals surface area contributed by atoms with E-state index < -0.39 is 11.5 Å². The largest absolute Gasteiger partial charge is 0.493 e. The molecule has 2 heterocycles. The van der Waals surface area contributed by atoms with Crippen LogP contribution < -0.4 is 21.3 Å². The summed E-state index contributed by atoms with van der Waals surface area (Å²) >= 11 is 0. The van der Waals surface area contributed by atoms with Crippen molar-refractivity contribution in [1.82, 2.24) is 15.1 Å². The molecule has 1 atom stereocenters. The van der Waals surface area contributed by atoms with Crippen molar-refractivity contribution >= 4 is 22.6 Å². The summed E-state index contributed by atoms with van der Waals surface area (Å²) in [5.41, 5.74) is 5.79. The molecule has 0 unspecified atom stereocenters. The van der Waals surface area contributed by atoms with E-state index in [1.165, 1.54) is 0 Å². The van der Waals surface area contributed by atoms with Crippen molar-refractivity contribution in [1.29, 1.82) is 0 Å². The molecule has 0 aliphatic carbocycles. The van der Waals surface area contributed by atoms with Crippen molar-refractivity contribution in [2.45, 2.75) is 19.0 Å². The van der Waals surface area contributed by atoms with Crippen LogP contribution in [0.2, 0.25) is 0 Å². The number of hydrogen-bond donors (Lipinski definition) is 2. The molecule has 8 heteroatoms. The highest BCUT2D eigenvalue weighted by Gasteiger charge is 2.23. The van der Waals surface area contributed by atoms with Gasteiger partial charge in [-0.1, -0.05) is 36.4 Å². The van der Waals surface area contributed by atoms with Crippen LogP contribution in [-0.4, -0.2) is 28.2 Å². The highest BCUT2D eigenvalue weighted by molar-refractivity contribution is 6.04. The lowest BCUT2D eigenvalue weighted by atomic mass is 10.0. The molecule has 3 aromatic rings. The molecule has 0 spiro atoms. The number of aromatic nitrogens is 2. The average Bonchev–Trinajstić information content (AvgIpc) is 2.70. The van der Waals surface area contributed by atoms with Gasteiger partial charge in [0.25, 0.3) is 11.5 Å². The van der Waals surface area contributed by atoms with Crippen LogP contribution in [0.4, 0.5) is 0 Å². The number of amides is 2. The van der Waals surface area contributed by atoms with Crippen LogP contribution in [0.1, 0.15) is 28.5 Å². The highest BCUT2D eigenvalue weighted by Crippen LogP contribution is 2.31. The second-order valence-corrected chi connectivity index (χ2v) is 6.52. The predicted molar refractivity (Wildman–Crippen MR) is 102 cm³/mol. The maximum atomic E-state index is 12.7. The molecule has 0 saturated heterocycles. The van der Waals surface area contributed by atoms with Gasteiger partial charge in [0.15, 0.2) is 5.69 Å². The minimum absolute atomic E-state index is 0.0422. The Kier molecular flexibility index (Phi) is 4.52. The van der Waals surface area contributed by atoms with Gasteiger partial charge in [-0.05, 0) is 12.1 Å². The number of ether oxygens (including phenoxy) is 1. The van der Waals surface area contributed by atoms with Gasteiger partial charge in [0.05, 0.1) is 18.0 Å². The third kappa shape index (κ3) is 3.20. The summed E-state index contributed by atoms with van der Waals surface area (Å²) in [7, 11) is 0. The Morgan fingerprint density at radius 1 is 1.14 bits per heavy atom. The van der Waals surface area contributed by atoms with E-state index in [4.69, 9.17) is 10.5 Å². The standard InChI is InChI=1S/C20H18N4O4/c21-19(26)18-12-5-1-2-6-13(12)20(27)24(23-18)11-17(25)22-15-9-10-28-16-8-4-3-7-14(15)16/h1-8,15H,9-11H2,(H2,21,26)(H,22,25)/t15-/m0/s1. The number of carbonyl (C=O) groups excluding carboxylic acids is 2. The second kappa shape index (κ2) is 7.15. The third-order valence-electron chi connectivity index (χ3n) is 4.69.